The van der Waals surface area contributed by atoms with Crippen LogP contribution >= 0.6 is 11.6 Å². The zero-order valence-electron chi connectivity index (χ0n) is 36.6. The summed E-state index contributed by atoms with van der Waals surface area (Å²) in [6, 6.07) is 6.38. The van der Waals surface area contributed by atoms with Gasteiger partial charge in [-0.25, -0.2) is 8.42 Å². The van der Waals surface area contributed by atoms with E-state index >= 15 is 0 Å². The van der Waals surface area contributed by atoms with Crippen LogP contribution in [0.2, 0.25) is 5.02 Å². The van der Waals surface area contributed by atoms with Crippen molar-refractivity contribution in [2.75, 3.05) is 5.75 Å². The second-order valence-corrected chi connectivity index (χ2v) is 18.7. The average molecular weight is 790 g/mol. The van der Waals surface area contributed by atoms with E-state index in [9.17, 15) is 8.42 Å². The van der Waals surface area contributed by atoms with Crippen molar-refractivity contribution in [3.05, 3.63) is 134 Å². The fourth-order valence-corrected chi connectivity index (χ4v) is 7.59. The highest BCUT2D eigenvalue weighted by molar-refractivity contribution is 7.91. The van der Waals surface area contributed by atoms with Crippen LogP contribution in [0, 0.1) is 0 Å². The zero-order chi connectivity index (χ0) is 41.1. The monoisotopic (exact) mass is 789 g/mol. The van der Waals surface area contributed by atoms with Gasteiger partial charge in [0.1, 0.15) is 0 Å². The molecular weight excluding hydrogens is 712 g/mol. The Balaban J connectivity index is 2.27. The Bertz CT molecular complexity index is 1660. The third-order valence-electron chi connectivity index (χ3n) is 10.1. The first-order valence-corrected chi connectivity index (χ1v) is 23.0. The molecule has 1 aromatic rings. The maximum absolute atomic E-state index is 12.6. The molecule has 1 rings (SSSR count). The standard InChI is InChI=1S/C51H77ClO2S/c1-41(2)19-11-20-42(3)21-12-22-43(4)23-13-24-44(5)25-14-26-45(6)27-15-28-46(7)29-16-30-47(8)31-17-32-48(9)33-18-34-49(10)39-40-55(53,54)51-37-35-50(52)36-38-51/h19,21,23,25,27,29,31,33,35-39H,11-18,20,22,24,26,28,30,32,34,40H2,1-10H3/b42-21+,43-23+,44-25+,45-27+,46-29+,47-31+,48-33+,49-39+. The van der Waals surface area contributed by atoms with Crippen molar-refractivity contribution in [3.63, 3.8) is 0 Å². The largest absolute Gasteiger partial charge is 0.223 e. The Morgan fingerprint density at radius 3 is 0.891 bits per heavy atom. The molecule has 0 atom stereocenters. The Morgan fingerprint density at radius 2 is 0.636 bits per heavy atom. The van der Waals surface area contributed by atoms with E-state index in [1.165, 1.54) is 57.4 Å². The van der Waals surface area contributed by atoms with Gasteiger partial charge >= 0.3 is 0 Å². The number of allylic oxidation sites excluding steroid dienone is 17. The molecule has 0 heterocycles. The van der Waals surface area contributed by atoms with Crippen molar-refractivity contribution in [2.45, 2.75) is 177 Å². The quantitative estimate of drug-likeness (QED) is 0.0832. The lowest BCUT2D eigenvalue weighted by atomic mass is 10.0. The van der Waals surface area contributed by atoms with E-state index in [2.05, 4.69) is 111 Å². The van der Waals surface area contributed by atoms with Crippen molar-refractivity contribution in [1.82, 2.24) is 0 Å². The molecule has 0 radical (unpaired) electrons. The highest BCUT2D eigenvalue weighted by Gasteiger charge is 2.12. The van der Waals surface area contributed by atoms with E-state index in [1.54, 1.807) is 24.3 Å². The van der Waals surface area contributed by atoms with Gasteiger partial charge in [0.15, 0.2) is 9.84 Å². The predicted molar refractivity (Wildman–Crippen MR) is 247 cm³/mol. The molecule has 55 heavy (non-hydrogen) atoms. The zero-order valence-corrected chi connectivity index (χ0v) is 38.2. The van der Waals surface area contributed by atoms with Gasteiger partial charge in [-0.05, 0) is 196 Å². The summed E-state index contributed by atoms with van der Waals surface area (Å²) in [6.45, 7) is 22.2. The number of sulfone groups is 1. The van der Waals surface area contributed by atoms with Gasteiger partial charge in [0.05, 0.1) is 10.6 Å². The summed E-state index contributed by atoms with van der Waals surface area (Å²) in [5.41, 5.74) is 12.9. The van der Waals surface area contributed by atoms with Crippen molar-refractivity contribution >= 4 is 21.4 Å². The lowest BCUT2D eigenvalue weighted by Crippen LogP contribution is -2.05. The van der Waals surface area contributed by atoms with E-state index in [0.717, 1.165) is 95.5 Å². The third-order valence-corrected chi connectivity index (χ3v) is 12.0. The van der Waals surface area contributed by atoms with E-state index in [0.29, 0.717) is 9.92 Å². The molecule has 0 saturated heterocycles. The molecule has 0 bridgehead atoms. The van der Waals surface area contributed by atoms with Gasteiger partial charge in [-0.15, -0.1) is 0 Å². The van der Waals surface area contributed by atoms with Crippen LogP contribution < -0.4 is 0 Å². The van der Waals surface area contributed by atoms with E-state index < -0.39 is 9.84 Å². The minimum absolute atomic E-state index is 0.0201. The number of halogens is 1. The van der Waals surface area contributed by atoms with Gasteiger partial charge in [0.2, 0.25) is 0 Å². The van der Waals surface area contributed by atoms with E-state index in [-0.39, 0.29) is 5.75 Å². The molecule has 0 N–H and O–H groups in total. The minimum Gasteiger partial charge on any atom is -0.223 e. The Kier molecular flexibility index (Phi) is 26.8. The molecule has 0 fully saturated rings. The first kappa shape index (κ1) is 50.1. The van der Waals surface area contributed by atoms with Gasteiger partial charge in [-0.1, -0.05) is 116 Å². The van der Waals surface area contributed by atoms with Crippen LogP contribution in [0.15, 0.2) is 134 Å². The van der Waals surface area contributed by atoms with Gasteiger partial charge < -0.3 is 0 Å². The number of hydrogen-bond acceptors (Lipinski definition) is 2. The molecule has 0 aliphatic heterocycles. The van der Waals surface area contributed by atoms with Crippen molar-refractivity contribution in [1.29, 1.82) is 0 Å². The molecule has 2 nitrogen and oxygen atoms in total. The van der Waals surface area contributed by atoms with Crippen LogP contribution in [0.5, 0.6) is 0 Å². The summed E-state index contributed by atoms with van der Waals surface area (Å²) in [7, 11) is -3.33. The SMILES string of the molecule is CC(C)=CCC/C(C)=C/CC/C(C)=C/CC/C(C)=C/CC/C(C)=C/CC/C(C)=C/CC/C(C)=C/CC/C(C)=C/CC/C(C)=C/CS(=O)(=O)c1ccc(Cl)cc1. The first-order valence-electron chi connectivity index (χ1n) is 20.9. The Labute approximate surface area is 345 Å². The van der Waals surface area contributed by atoms with Crippen LogP contribution in [0.4, 0.5) is 0 Å². The molecule has 0 aliphatic carbocycles. The predicted octanol–water partition coefficient (Wildman–Crippen LogP) is 16.9. The second-order valence-electron chi connectivity index (χ2n) is 16.2. The molecule has 4 heteroatoms. The van der Waals surface area contributed by atoms with Crippen LogP contribution in [0.3, 0.4) is 0 Å². The summed E-state index contributed by atoms with van der Waals surface area (Å²) in [6.07, 6.45) is 38.8. The molecule has 0 amide bonds. The highest BCUT2D eigenvalue weighted by atomic mass is 35.5. The third kappa shape index (κ3) is 27.4. The molecule has 0 unspecified atom stereocenters. The highest BCUT2D eigenvalue weighted by Crippen LogP contribution is 2.19. The molecular formula is C51H77ClO2S. The molecule has 306 valence electrons. The second kappa shape index (κ2) is 29.4. The fraction of sp³-hybridized carbons (Fsp3) is 0.529. The Morgan fingerprint density at radius 1 is 0.400 bits per heavy atom. The summed E-state index contributed by atoms with van der Waals surface area (Å²) < 4.78 is 25.2. The summed E-state index contributed by atoms with van der Waals surface area (Å²) in [4.78, 5) is 0.315. The van der Waals surface area contributed by atoms with Gasteiger partial charge in [0.25, 0.3) is 0 Å². The lowest BCUT2D eigenvalue weighted by Gasteiger charge is -2.05. The fourth-order valence-electron chi connectivity index (χ4n) is 6.22. The Hall–Kier alpha value is -2.88. The number of rotatable bonds is 27. The maximum atomic E-state index is 12.6. The molecule has 0 spiro atoms. The lowest BCUT2D eigenvalue weighted by molar-refractivity contribution is 0.599. The topological polar surface area (TPSA) is 34.1 Å². The summed E-state index contributed by atoms with van der Waals surface area (Å²) >= 11 is 5.89. The van der Waals surface area contributed by atoms with Crippen LogP contribution in [0.1, 0.15) is 172 Å². The number of hydrogen-bond donors (Lipinski definition) is 0. The van der Waals surface area contributed by atoms with Gasteiger partial charge in [0, 0.05) is 5.02 Å². The van der Waals surface area contributed by atoms with Crippen LogP contribution in [-0.4, -0.2) is 14.2 Å². The number of benzene rings is 1. The van der Waals surface area contributed by atoms with Gasteiger partial charge in [-0.2, -0.15) is 0 Å². The average Bonchev–Trinajstić information content (AvgIpc) is 3.11. The summed E-state index contributed by atoms with van der Waals surface area (Å²) in [5, 5.41) is 0.538. The summed E-state index contributed by atoms with van der Waals surface area (Å²) in [5.74, 6) is 0.0201. The van der Waals surface area contributed by atoms with E-state index in [1.807, 2.05) is 13.0 Å². The first-order chi connectivity index (χ1) is 26.1. The normalized spacial score (nSPS) is 14.5. The van der Waals surface area contributed by atoms with Crippen LogP contribution in [-0.2, 0) is 9.84 Å². The smallest absolute Gasteiger partial charge is 0.181 e. The van der Waals surface area contributed by atoms with Crippen molar-refractivity contribution in [2.24, 2.45) is 0 Å². The molecule has 0 aromatic heterocycles. The van der Waals surface area contributed by atoms with Crippen molar-refractivity contribution in [3.8, 4) is 0 Å². The molecule has 0 saturated carbocycles. The molecule has 0 aliphatic rings. The van der Waals surface area contributed by atoms with Crippen molar-refractivity contribution < 1.29 is 8.42 Å². The van der Waals surface area contributed by atoms with Gasteiger partial charge in [-0.3, -0.25) is 0 Å². The molecule has 1 aromatic carbocycles. The van der Waals surface area contributed by atoms with E-state index in [4.69, 9.17) is 11.6 Å². The van der Waals surface area contributed by atoms with Crippen LogP contribution in [0.25, 0.3) is 0 Å². The maximum Gasteiger partial charge on any atom is 0.181 e. The minimum atomic E-state index is -3.33.